The first kappa shape index (κ1) is 17.5. The molecule has 8 heteroatoms. The third-order valence-corrected chi connectivity index (χ3v) is 3.66. The molecule has 3 rings (SSSR count). The van der Waals surface area contributed by atoms with Crippen molar-refractivity contribution in [3.63, 3.8) is 0 Å². The van der Waals surface area contributed by atoms with Gasteiger partial charge in [-0.15, -0.1) is 0 Å². The SMILES string of the molecule is COc1ccc(-c2noc(COc3ccc(C)nc3)n2)c(OC)c1OC. The van der Waals surface area contributed by atoms with Crippen molar-refractivity contribution >= 4 is 0 Å². The summed E-state index contributed by atoms with van der Waals surface area (Å²) in [5.41, 5.74) is 1.54. The standard InChI is InChI=1S/C18H19N3O5/c1-11-5-6-12(9-19-11)25-10-15-20-18(21-26-15)13-7-8-14(22-2)17(24-4)16(13)23-3/h5-9H,10H2,1-4H3. The Morgan fingerprint density at radius 2 is 1.77 bits per heavy atom. The third-order valence-electron chi connectivity index (χ3n) is 3.66. The van der Waals surface area contributed by atoms with Gasteiger partial charge in [0.2, 0.25) is 11.6 Å². The molecule has 26 heavy (non-hydrogen) atoms. The van der Waals surface area contributed by atoms with Gasteiger partial charge in [0.15, 0.2) is 18.1 Å². The minimum absolute atomic E-state index is 0.132. The Bertz CT molecular complexity index is 877. The van der Waals surface area contributed by atoms with E-state index in [2.05, 4.69) is 15.1 Å². The monoisotopic (exact) mass is 357 g/mol. The van der Waals surface area contributed by atoms with Crippen molar-refractivity contribution in [2.24, 2.45) is 0 Å². The van der Waals surface area contributed by atoms with Crippen LogP contribution in [0.1, 0.15) is 11.6 Å². The van der Waals surface area contributed by atoms with Gasteiger partial charge in [0.25, 0.3) is 5.89 Å². The molecule has 0 aliphatic heterocycles. The van der Waals surface area contributed by atoms with E-state index in [1.165, 1.54) is 14.2 Å². The minimum atomic E-state index is 0.132. The van der Waals surface area contributed by atoms with Gasteiger partial charge in [-0.2, -0.15) is 4.98 Å². The van der Waals surface area contributed by atoms with Crippen LogP contribution in [-0.2, 0) is 6.61 Å². The normalized spacial score (nSPS) is 10.5. The van der Waals surface area contributed by atoms with Crippen molar-refractivity contribution in [1.29, 1.82) is 0 Å². The largest absolute Gasteiger partial charge is 0.493 e. The molecule has 0 aliphatic carbocycles. The maximum atomic E-state index is 5.60. The van der Waals surface area contributed by atoms with Gasteiger partial charge in [0.1, 0.15) is 5.75 Å². The van der Waals surface area contributed by atoms with Crippen molar-refractivity contribution in [2.75, 3.05) is 21.3 Å². The van der Waals surface area contributed by atoms with Crippen LogP contribution in [0.4, 0.5) is 0 Å². The summed E-state index contributed by atoms with van der Waals surface area (Å²) in [5, 5.41) is 3.99. The highest BCUT2D eigenvalue weighted by Gasteiger charge is 2.20. The Balaban J connectivity index is 1.82. The highest BCUT2D eigenvalue weighted by molar-refractivity contribution is 5.71. The molecule has 0 bridgehead atoms. The van der Waals surface area contributed by atoms with E-state index in [-0.39, 0.29) is 6.61 Å². The number of rotatable bonds is 7. The lowest BCUT2D eigenvalue weighted by molar-refractivity contribution is 0.242. The maximum absolute atomic E-state index is 5.60. The van der Waals surface area contributed by atoms with E-state index in [1.54, 1.807) is 25.4 Å². The van der Waals surface area contributed by atoms with Gasteiger partial charge in [-0.1, -0.05) is 5.16 Å². The number of methoxy groups -OCH3 is 3. The molecule has 1 aromatic carbocycles. The van der Waals surface area contributed by atoms with Gasteiger partial charge in [0, 0.05) is 5.69 Å². The zero-order valence-corrected chi connectivity index (χ0v) is 15.0. The number of hydrogen-bond donors (Lipinski definition) is 0. The molecule has 0 spiro atoms. The average Bonchev–Trinajstić information content (AvgIpc) is 3.15. The first-order valence-electron chi connectivity index (χ1n) is 7.83. The number of hydrogen-bond acceptors (Lipinski definition) is 8. The molecule has 8 nitrogen and oxygen atoms in total. The Hall–Kier alpha value is -3.29. The molecular weight excluding hydrogens is 338 g/mol. The van der Waals surface area contributed by atoms with E-state index < -0.39 is 0 Å². The number of nitrogens with zero attached hydrogens (tertiary/aromatic N) is 3. The molecule has 0 amide bonds. The van der Waals surface area contributed by atoms with Crippen molar-refractivity contribution < 1.29 is 23.5 Å². The van der Waals surface area contributed by atoms with Gasteiger partial charge in [-0.25, -0.2) is 0 Å². The van der Waals surface area contributed by atoms with Gasteiger partial charge in [0.05, 0.1) is 33.1 Å². The van der Waals surface area contributed by atoms with Crippen LogP contribution in [0, 0.1) is 6.92 Å². The van der Waals surface area contributed by atoms with Crippen molar-refractivity contribution in [3.05, 3.63) is 42.0 Å². The highest BCUT2D eigenvalue weighted by atomic mass is 16.5. The van der Waals surface area contributed by atoms with Gasteiger partial charge in [-0.3, -0.25) is 4.98 Å². The number of aromatic nitrogens is 3. The second kappa shape index (κ2) is 7.73. The lowest BCUT2D eigenvalue weighted by Crippen LogP contribution is -1.98. The first-order chi connectivity index (χ1) is 12.7. The van der Waals surface area contributed by atoms with Crippen LogP contribution in [0.5, 0.6) is 23.0 Å². The predicted octanol–water partition coefficient (Wildman–Crippen LogP) is 3.04. The topological polar surface area (TPSA) is 88.7 Å². The van der Waals surface area contributed by atoms with E-state index in [4.69, 9.17) is 23.5 Å². The quantitative estimate of drug-likeness (QED) is 0.637. The van der Waals surface area contributed by atoms with Crippen molar-refractivity contribution in [2.45, 2.75) is 13.5 Å². The summed E-state index contributed by atoms with van der Waals surface area (Å²) in [6.45, 7) is 2.04. The Kier molecular flexibility index (Phi) is 5.21. The van der Waals surface area contributed by atoms with Crippen molar-refractivity contribution in [3.8, 4) is 34.4 Å². The van der Waals surface area contributed by atoms with Gasteiger partial charge < -0.3 is 23.5 Å². The van der Waals surface area contributed by atoms with Crippen LogP contribution < -0.4 is 18.9 Å². The summed E-state index contributed by atoms with van der Waals surface area (Å²) in [6.07, 6.45) is 1.64. The Morgan fingerprint density at radius 1 is 0.962 bits per heavy atom. The number of benzene rings is 1. The Morgan fingerprint density at radius 3 is 2.42 bits per heavy atom. The van der Waals surface area contributed by atoms with Gasteiger partial charge >= 0.3 is 0 Å². The van der Waals surface area contributed by atoms with Gasteiger partial charge in [-0.05, 0) is 31.2 Å². The van der Waals surface area contributed by atoms with E-state index in [0.717, 1.165) is 5.69 Å². The fourth-order valence-corrected chi connectivity index (χ4v) is 2.38. The second-order valence-electron chi connectivity index (χ2n) is 5.32. The fourth-order valence-electron chi connectivity index (χ4n) is 2.38. The van der Waals surface area contributed by atoms with Crippen LogP contribution >= 0.6 is 0 Å². The maximum Gasteiger partial charge on any atom is 0.264 e. The summed E-state index contributed by atoms with van der Waals surface area (Å²) in [6, 6.07) is 7.22. The van der Waals surface area contributed by atoms with E-state index in [0.29, 0.717) is 40.3 Å². The summed E-state index contributed by atoms with van der Waals surface area (Å²) in [7, 11) is 4.63. The molecule has 0 fully saturated rings. The molecule has 0 atom stereocenters. The molecule has 0 unspecified atom stereocenters. The summed E-state index contributed by atoms with van der Waals surface area (Å²) >= 11 is 0. The number of pyridine rings is 1. The van der Waals surface area contributed by atoms with E-state index in [9.17, 15) is 0 Å². The highest BCUT2D eigenvalue weighted by Crippen LogP contribution is 2.43. The molecule has 2 heterocycles. The van der Waals surface area contributed by atoms with Crippen LogP contribution in [0.3, 0.4) is 0 Å². The molecule has 136 valence electrons. The molecule has 2 aromatic heterocycles. The minimum Gasteiger partial charge on any atom is -0.493 e. The lowest BCUT2D eigenvalue weighted by atomic mass is 10.1. The second-order valence-corrected chi connectivity index (χ2v) is 5.32. The van der Waals surface area contributed by atoms with Crippen LogP contribution in [0.2, 0.25) is 0 Å². The molecule has 0 aliphatic rings. The van der Waals surface area contributed by atoms with E-state index in [1.807, 2.05) is 19.1 Å². The van der Waals surface area contributed by atoms with Crippen LogP contribution in [0.15, 0.2) is 35.0 Å². The third kappa shape index (κ3) is 3.53. The molecule has 0 N–H and O–H groups in total. The summed E-state index contributed by atoms with van der Waals surface area (Å²) < 4.78 is 27.0. The van der Waals surface area contributed by atoms with E-state index >= 15 is 0 Å². The molecule has 0 saturated heterocycles. The first-order valence-corrected chi connectivity index (χ1v) is 7.83. The van der Waals surface area contributed by atoms with Crippen LogP contribution in [-0.4, -0.2) is 36.5 Å². The summed E-state index contributed by atoms with van der Waals surface area (Å²) in [4.78, 5) is 8.52. The fraction of sp³-hybridized carbons (Fsp3) is 0.278. The zero-order chi connectivity index (χ0) is 18.5. The molecule has 0 radical (unpaired) electrons. The van der Waals surface area contributed by atoms with Crippen LogP contribution in [0.25, 0.3) is 11.4 Å². The Labute approximate surface area is 150 Å². The summed E-state index contributed by atoms with van der Waals surface area (Å²) in [5.74, 6) is 2.79. The average molecular weight is 357 g/mol. The predicted molar refractivity (Wildman–Crippen MR) is 92.7 cm³/mol. The number of ether oxygens (including phenoxy) is 4. The lowest BCUT2D eigenvalue weighted by Gasteiger charge is -2.13. The van der Waals surface area contributed by atoms with Crippen molar-refractivity contribution in [1.82, 2.24) is 15.1 Å². The zero-order valence-electron chi connectivity index (χ0n) is 15.0. The molecule has 3 aromatic rings. The number of aryl methyl sites for hydroxylation is 1. The smallest absolute Gasteiger partial charge is 0.264 e. The molecule has 0 saturated carbocycles. The molecular formula is C18H19N3O5.